The van der Waals surface area contributed by atoms with Gasteiger partial charge < -0.3 is 4.90 Å². The van der Waals surface area contributed by atoms with Crippen molar-refractivity contribution in [2.45, 2.75) is 45.1 Å². The van der Waals surface area contributed by atoms with E-state index in [9.17, 15) is 0 Å². The molecule has 2 nitrogen and oxygen atoms in total. The van der Waals surface area contributed by atoms with Crippen molar-refractivity contribution in [1.82, 2.24) is 9.80 Å². The third-order valence-corrected chi connectivity index (χ3v) is 3.68. The van der Waals surface area contributed by atoms with Crippen LogP contribution in [0, 0.1) is 0 Å². The fourth-order valence-electron chi connectivity index (χ4n) is 2.95. The molecule has 0 radical (unpaired) electrons. The Kier molecular flexibility index (Phi) is 3.82. The van der Waals surface area contributed by atoms with Gasteiger partial charge >= 0.3 is 0 Å². The molecule has 0 bridgehead atoms. The third kappa shape index (κ3) is 2.48. The van der Waals surface area contributed by atoms with Gasteiger partial charge in [0.2, 0.25) is 0 Å². The van der Waals surface area contributed by atoms with E-state index in [0.29, 0.717) is 0 Å². The average molecular weight is 196 g/mol. The summed E-state index contributed by atoms with van der Waals surface area (Å²) >= 11 is 0. The molecule has 0 spiro atoms. The molecule has 0 amide bonds. The number of hydrogen-bond acceptors (Lipinski definition) is 2. The molecular weight excluding hydrogens is 172 g/mol. The highest BCUT2D eigenvalue weighted by molar-refractivity contribution is 4.83. The molecule has 2 heteroatoms. The first-order valence-electron chi connectivity index (χ1n) is 6.36. The van der Waals surface area contributed by atoms with Crippen LogP contribution in [0.15, 0.2) is 0 Å². The monoisotopic (exact) mass is 196 g/mol. The maximum absolute atomic E-state index is 2.71. The van der Waals surface area contributed by atoms with E-state index in [2.05, 4.69) is 16.7 Å². The second kappa shape index (κ2) is 5.13. The van der Waals surface area contributed by atoms with Gasteiger partial charge in [-0.1, -0.05) is 6.92 Å². The quantitative estimate of drug-likeness (QED) is 0.678. The largest absolute Gasteiger partial charge is 0.302 e. The Hall–Kier alpha value is -0.0800. The molecule has 2 aliphatic heterocycles. The summed E-state index contributed by atoms with van der Waals surface area (Å²) in [7, 11) is 0. The van der Waals surface area contributed by atoms with Crippen LogP contribution in [0.5, 0.6) is 0 Å². The number of likely N-dealkylation sites (tertiary alicyclic amines) is 2. The molecule has 0 aromatic carbocycles. The van der Waals surface area contributed by atoms with Crippen molar-refractivity contribution in [3.8, 4) is 0 Å². The first-order valence-corrected chi connectivity index (χ1v) is 6.36. The number of rotatable bonds is 4. The van der Waals surface area contributed by atoms with E-state index in [4.69, 9.17) is 0 Å². The Bertz CT molecular complexity index is 164. The van der Waals surface area contributed by atoms with Crippen LogP contribution in [0.1, 0.15) is 39.0 Å². The average Bonchev–Trinajstić information content (AvgIpc) is 2.80. The van der Waals surface area contributed by atoms with Gasteiger partial charge in [0.15, 0.2) is 0 Å². The lowest BCUT2D eigenvalue weighted by molar-refractivity contribution is 0.192. The van der Waals surface area contributed by atoms with E-state index < -0.39 is 0 Å². The summed E-state index contributed by atoms with van der Waals surface area (Å²) in [5, 5.41) is 0. The topological polar surface area (TPSA) is 6.48 Å². The van der Waals surface area contributed by atoms with Crippen molar-refractivity contribution in [1.29, 1.82) is 0 Å². The third-order valence-electron chi connectivity index (χ3n) is 3.68. The lowest BCUT2D eigenvalue weighted by Gasteiger charge is -2.27. The zero-order valence-electron chi connectivity index (χ0n) is 9.54. The van der Waals surface area contributed by atoms with Crippen LogP contribution in [0.2, 0.25) is 0 Å². The van der Waals surface area contributed by atoms with Gasteiger partial charge in [0, 0.05) is 12.6 Å². The van der Waals surface area contributed by atoms with Gasteiger partial charge in [-0.3, -0.25) is 4.90 Å². The molecule has 82 valence electrons. The highest BCUT2D eigenvalue weighted by Crippen LogP contribution is 2.20. The van der Waals surface area contributed by atoms with Crippen LogP contribution in [0.25, 0.3) is 0 Å². The molecule has 0 aliphatic carbocycles. The summed E-state index contributed by atoms with van der Waals surface area (Å²) in [6.45, 7) is 9.03. The summed E-state index contributed by atoms with van der Waals surface area (Å²) in [6.07, 6.45) is 7.05. The molecule has 1 unspecified atom stereocenters. The molecule has 0 saturated carbocycles. The van der Waals surface area contributed by atoms with Crippen LogP contribution in [-0.2, 0) is 0 Å². The van der Waals surface area contributed by atoms with Crippen molar-refractivity contribution >= 4 is 0 Å². The molecular formula is C12H24N2. The fourth-order valence-corrected chi connectivity index (χ4v) is 2.95. The molecule has 2 aliphatic rings. The van der Waals surface area contributed by atoms with Crippen LogP contribution in [0.4, 0.5) is 0 Å². The van der Waals surface area contributed by atoms with E-state index in [1.165, 1.54) is 64.8 Å². The maximum Gasteiger partial charge on any atom is 0.0223 e. The van der Waals surface area contributed by atoms with Crippen molar-refractivity contribution in [3.63, 3.8) is 0 Å². The summed E-state index contributed by atoms with van der Waals surface area (Å²) in [6, 6.07) is 0.882. The predicted octanol–water partition coefficient (Wildman–Crippen LogP) is 1.96. The normalized spacial score (nSPS) is 30.2. The first kappa shape index (κ1) is 10.4. The maximum atomic E-state index is 2.71. The molecule has 2 heterocycles. The van der Waals surface area contributed by atoms with Crippen molar-refractivity contribution in [3.05, 3.63) is 0 Å². The van der Waals surface area contributed by atoms with Gasteiger partial charge in [-0.15, -0.1) is 0 Å². The van der Waals surface area contributed by atoms with Gasteiger partial charge in [-0.25, -0.2) is 0 Å². The summed E-state index contributed by atoms with van der Waals surface area (Å²) < 4.78 is 0. The van der Waals surface area contributed by atoms with Crippen LogP contribution in [-0.4, -0.2) is 48.6 Å². The Morgan fingerprint density at radius 1 is 1.07 bits per heavy atom. The zero-order valence-corrected chi connectivity index (χ0v) is 9.54. The summed E-state index contributed by atoms with van der Waals surface area (Å²) in [5.74, 6) is 0. The summed E-state index contributed by atoms with van der Waals surface area (Å²) in [4.78, 5) is 5.37. The van der Waals surface area contributed by atoms with Gasteiger partial charge in [-0.05, 0) is 58.3 Å². The minimum Gasteiger partial charge on any atom is -0.302 e. The van der Waals surface area contributed by atoms with Gasteiger partial charge in [0.1, 0.15) is 0 Å². The Morgan fingerprint density at radius 3 is 2.57 bits per heavy atom. The molecule has 2 fully saturated rings. The minimum atomic E-state index is 0.882. The molecule has 0 aromatic heterocycles. The van der Waals surface area contributed by atoms with E-state index >= 15 is 0 Å². The molecule has 14 heavy (non-hydrogen) atoms. The Morgan fingerprint density at radius 2 is 1.86 bits per heavy atom. The van der Waals surface area contributed by atoms with E-state index in [1.807, 2.05) is 0 Å². The molecule has 0 aromatic rings. The van der Waals surface area contributed by atoms with Gasteiger partial charge in [0.05, 0.1) is 0 Å². The van der Waals surface area contributed by atoms with Gasteiger partial charge in [0.25, 0.3) is 0 Å². The van der Waals surface area contributed by atoms with Crippen molar-refractivity contribution < 1.29 is 0 Å². The summed E-state index contributed by atoms with van der Waals surface area (Å²) in [5.41, 5.74) is 0. The molecule has 0 N–H and O–H groups in total. The van der Waals surface area contributed by atoms with Crippen LogP contribution in [0.3, 0.4) is 0 Å². The second-order valence-corrected chi connectivity index (χ2v) is 4.84. The minimum absolute atomic E-state index is 0.882. The number of hydrogen-bond donors (Lipinski definition) is 0. The lowest BCUT2D eigenvalue weighted by Crippen LogP contribution is -2.39. The Labute approximate surface area is 88.3 Å². The SMILES string of the molecule is CCCN1CCCC1CN1CCCC1. The highest BCUT2D eigenvalue weighted by Gasteiger charge is 2.26. The van der Waals surface area contributed by atoms with Crippen LogP contribution < -0.4 is 0 Å². The predicted molar refractivity (Wildman–Crippen MR) is 60.6 cm³/mol. The standard InChI is InChI=1S/C12H24N2/c1-2-7-14-10-5-6-12(14)11-13-8-3-4-9-13/h12H,2-11H2,1H3. The Balaban J connectivity index is 1.77. The second-order valence-electron chi connectivity index (χ2n) is 4.84. The molecule has 1 atom stereocenters. The van der Waals surface area contributed by atoms with Crippen LogP contribution >= 0.6 is 0 Å². The van der Waals surface area contributed by atoms with Gasteiger partial charge in [-0.2, -0.15) is 0 Å². The van der Waals surface area contributed by atoms with E-state index in [-0.39, 0.29) is 0 Å². The fraction of sp³-hybridized carbons (Fsp3) is 1.00. The molecule has 2 rings (SSSR count). The molecule has 2 saturated heterocycles. The van der Waals surface area contributed by atoms with E-state index in [0.717, 1.165) is 6.04 Å². The van der Waals surface area contributed by atoms with E-state index in [1.54, 1.807) is 0 Å². The van der Waals surface area contributed by atoms with Crippen molar-refractivity contribution in [2.75, 3.05) is 32.7 Å². The number of nitrogens with zero attached hydrogens (tertiary/aromatic N) is 2. The zero-order chi connectivity index (χ0) is 9.80. The first-order chi connectivity index (χ1) is 6.90. The van der Waals surface area contributed by atoms with Crippen molar-refractivity contribution in [2.24, 2.45) is 0 Å². The highest BCUT2D eigenvalue weighted by atomic mass is 15.2. The smallest absolute Gasteiger partial charge is 0.0223 e. The lowest BCUT2D eigenvalue weighted by atomic mass is 10.2.